The Morgan fingerprint density at radius 3 is 0.948 bits per heavy atom. The van der Waals surface area contributed by atoms with Gasteiger partial charge in [-0.05, 0) is 103 Å². The van der Waals surface area contributed by atoms with Crippen molar-refractivity contribution >= 4 is 11.9 Å². The number of nitrogens with zero attached hydrogens (tertiary/aromatic N) is 2. The summed E-state index contributed by atoms with van der Waals surface area (Å²) in [4.78, 5) is 26.1. The highest BCUT2D eigenvalue weighted by Gasteiger charge is 2.17. The molecule has 0 aliphatic rings. The minimum Gasteiger partial charge on any atom is -0.481 e. The van der Waals surface area contributed by atoms with Gasteiger partial charge in [0.2, 0.25) is 0 Å². The van der Waals surface area contributed by atoms with E-state index in [2.05, 4.69) is 48.0 Å². The van der Waals surface area contributed by atoms with E-state index in [1.54, 1.807) is 0 Å². The lowest BCUT2D eigenvalue weighted by molar-refractivity contribution is -0.138. The van der Waals surface area contributed by atoms with E-state index in [0.29, 0.717) is 37.8 Å². The minimum absolute atomic E-state index is 0.308. The van der Waals surface area contributed by atoms with Crippen LogP contribution in [0, 0.1) is 11.8 Å². The van der Waals surface area contributed by atoms with Crippen molar-refractivity contribution in [3.05, 3.63) is 24.3 Å². The molecule has 0 bridgehead atoms. The average molecular weight is 821 g/mol. The van der Waals surface area contributed by atoms with Gasteiger partial charge in [0.25, 0.3) is 0 Å². The van der Waals surface area contributed by atoms with Crippen molar-refractivity contribution in [3.8, 4) is 0 Å². The van der Waals surface area contributed by atoms with Gasteiger partial charge in [-0.15, -0.1) is 0 Å². The van der Waals surface area contributed by atoms with Crippen molar-refractivity contribution in [1.29, 1.82) is 0 Å². The average Bonchev–Trinajstić information content (AvgIpc) is 3.15. The van der Waals surface area contributed by atoms with Gasteiger partial charge in [0.15, 0.2) is 0 Å². The second-order valence-electron chi connectivity index (χ2n) is 18.2. The molecule has 4 atom stereocenters. The second kappa shape index (κ2) is 42.0. The summed E-state index contributed by atoms with van der Waals surface area (Å²) in [6.07, 6.45) is 43.2. The van der Waals surface area contributed by atoms with Crippen molar-refractivity contribution in [2.75, 3.05) is 39.3 Å². The Labute approximate surface area is 358 Å². The third kappa shape index (κ3) is 43.8. The number of unbranched alkanes of at least 4 members (excludes halogenated alkanes) is 22. The maximum atomic E-state index is 10.6. The number of aliphatic hydroxyl groups excluding tert-OH is 2. The van der Waals surface area contributed by atoms with Gasteiger partial charge in [0.1, 0.15) is 0 Å². The molecule has 0 heterocycles. The Kier molecular flexibility index (Phi) is 40.7. The largest absolute Gasteiger partial charge is 0.481 e. The van der Waals surface area contributed by atoms with E-state index >= 15 is 0 Å². The van der Waals surface area contributed by atoms with E-state index in [9.17, 15) is 19.8 Å². The van der Waals surface area contributed by atoms with Crippen molar-refractivity contribution < 1.29 is 30.0 Å². The Morgan fingerprint density at radius 1 is 0.397 bits per heavy atom. The summed E-state index contributed by atoms with van der Waals surface area (Å²) in [6.45, 7) is 13.9. The number of aliphatic hydroxyl groups is 2. The number of hydrogen-bond acceptors (Lipinski definition) is 6. The first kappa shape index (κ1) is 56.3. The molecule has 4 unspecified atom stereocenters. The molecule has 8 nitrogen and oxygen atoms in total. The van der Waals surface area contributed by atoms with E-state index in [0.717, 1.165) is 77.5 Å². The highest BCUT2D eigenvalue weighted by Crippen LogP contribution is 2.18. The van der Waals surface area contributed by atoms with Crippen LogP contribution in [0.15, 0.2) is 24.3 Å². The van der Waals surface area contributed by atoms with Crippen molar-refractivity contribution in [2.24, 2.45) is 11.8 Å². The van der Waals surface area contributed by atoms with Gasteiger partial charge in [-0.25, -0.2) is 0 Å². The van der Waals surface area contributed by atoms with Gasteiger partial charge in [-0.3, -0.25) is 14.5 Å². The van der Waals surface area contributed by atoms with E-state index in [1.807, 2.05) is 13.8 Å². The van der Waals surface area contributed by atoms with Gasteiger partial charge in [0, 0.05) is 52.1 Å². The first-order chi connectivity index (χ1) is 28.0. The smallest absolute Gasteiger partial charge is 0.303 e. The molecule has 0 aromatic rings. The van der Waals surface area contributed by atoms with Gasteiger partial charge >= 0.3 is 11.9 Å². The first-order valence-electron chi connectivity index (χ1n) is 24.5. The number of carboxylic acid groups (broad SMARTS) is 2. The summed E-state index contributed by atoms with van der Waals surface area (Å²) in [5, 5.41) is 37.6. The van der Waals surface area contributed by atoms with Crippen molar-refractivity contribution in [2.45, 2.75) is 233 Å². The van der Waals surface area contributed by atoms with Crippen LogP contribution in [0.3, 0.4) is 0 Å². The van der Waals surface area contributed by atoms with E-state index in [1.165, 1.54) is 128 Å². The van der Waals surface area contributed by atoms with E-state index in [4.69, 9.17) is 10.2 Å². The molecule has 0 amide bonds. The van der Waals surface area contributed by atoms with Crippen LogP contribution in [0.1, 0.15) is 220 Å². The Morgan fingerprint density at radius 2 is 0.655 bits per heavy atom. The highest BCUT2D eigenvalue weighted by atomic mass is 16.4. The predicted molar refractivity (Wildman–Crippen MR) is 247 cm³/mol. The number of hydrogen-bond donors (Lipinski definition) is 4. The molecule has 0 aromatic carbocycles. The van der Waals surface area contributed by atoms with Crippen LogP contribution >= 0.6 is 0 Å². The molecule has 0 aliphatic carbocycles. The van der Waals surface area contributed by atoms with Crippen molar-refractivity contribution in [3.63, 3.8) is 0 Å². The Hall–Kier alpha value is -1.74. The van der Waals surface area contributed by atoms with E-state index < -0.39 is 24.1 Å². The summed E-state index contributed by atoms with van der Waals surface area (Å²) in [6, 6.07) is 0. The van der Waals surface area contributed by atoms with E-state index in [-0.39, 0.29) is 0 Å². The van der Waals surface area contributed by atoms with Crippen LogP contribution in [0.5, 0.6) is 0 Å². The number of rotatable bonds is 45. The normalized spacial score (nSPS) is 14.3. The third-order valence-electron chi connectivity index (χ3n) is 11.4. The Balaban J connectivity index is 4.29. The van der Waals surface area contributed by atoms with Crippen LogP contribution < -0.4 is 0 Å². The molecule has 0 fully saturated rings. The molecular weight excluding hydrogens is 725 g/mol. The van der Waals surface area contributed by atoms with Crippen LogP contribution in [-0.2, 0) is 9.59 Å². The monoisotopic (exact) mass is 821 g/mol. The van der Waals surface area contributed by atoms with Gasteiger partial charge in [-0.2, -0.15) is 0 Å². The zero-order valence-electron chi connectivity index (χ0n) is 38.6. The third-order valence-corrected chi connectivity index (χ3v) is 11.4. The predicted octanol–water partition coefficient (Wildman–Crippen LogP) is 12.6. The maximum absolute atomic E-state index is 10.6. The standard InChI is InChI=1S/C50H96N2O6/c1-45(35-31-27-23-19-15-11-7-5-9-13-17-21-25-29-33-37-49(55)56)41-51(39-40-52(43-47(3)53)44-48(4)54)42-46(2)36-32-28-24-20-16-12-8-6-10-14-18-22-26-30-34-38-50(57)58/h5-6,9-10,45-48,53-54H,7-8,11-44H2,1-4H3,(H,55,56)(H,57,58)/b9-5-,10-6-. The lowest BCUT2D eigenvalue weighted by Gasteiger charge is -2.32. The molecule has 0 saturated heterocycles. The molecule has 58 heavy (non-hydrogen) atoms. The SMILES string of the molecule is CC(O)CN(CCN(CC(C)CCCCCCCC/C=C\CCCCCCCC(=O)O)CC(C)CCCCCCCC/C=C\CCCCCCCC(=O)O)CC(C)O. The second-order valence-corrected chi connectivity index (χ2v) is 18.2. The molecule has 0 aromatic heterocycles. The molecular formula is C50H96N2O6. The maximum Gasteiger partial charge on any atom is 0.303 e. The topological polar surface area (TPSA) is 122 Å². The Bertz CT molecular complexity index is 898. The van der Waals surface area contributed by atoms with Gasteiger partial charge in [-0.1, -0.05) is 141 Å². The van der Waals surface area contributed by atoms with Crippen molar-refractivity contribution in [1.82, 2.24) is 9.80 Å². The summed E-state index contributed by atoms with van der Waals surface area (Å²) < 4.78 is 0. The molecule has 0 spiro atoms. The van der Waals surface area contributed by atoms with Gasteiger partial charge < -0.3 is 25.3 Å². The van der Waals surface area contributed by atoms with Crippen LogP contribution in [0.4, 0.5) is 0 Å². The molecule has 342 valence electrons. The number of allylic oxidation sites excluding steroid dienone is 4. The molecule has 0 radical (unpaired) electrons. The molecule has 4 N–H and O–H groups in total. The lowest BCUT2D eigenvalue weighted by atomic mass is 9.98. The van der Waals surface area contributed by atoms with Gasteiger partial charge in [0.05, 0.1) is 12.2 Å². The zero-order valence-corrected chi connectivity index (χ0v) is 38.6. The first-order valence-corrected chi connectivity index (χ1v) is 24.5. The number of carboxylic acids is 2. The van der Waals surface area contributed by atoms with Crippen LogP contribution in [0.2, 0.25) is 0 Å². The molecule has 0 rings (SSSR count). The lowest BCUT2D eigenvalue weighted by Crippen LogP contribution is -2.43. The fraction of sp³-hybridized carbons (Fsp3) is 0.880. The van der Waals surface area contributed by atoms with Crippen LogP contribution in [0.25, 0.3) is 0 Å². The number of aliphatic carboxylic acids is 2. The molecule has 0 saturated carbocycles. The van der Waals surface area contributed by atoms with Crippen LogP contribution in [-0.4, -0.2) is 93.6 Å². The quantitative estimate of drug-likeness (QED) is 0.0354. The fourth-order valence-electron chi connectivity index (χ4n) is 8.14. The fourth-order valence-corrected chi connectivity index (χ4v) is 8.14. The summed E-state index contributed by atoms with van der Waals surface area (Å²) in [5.41, 5.74) is 0. The summed E-state index contributed by atoms with van der Waals surface area (Å²) in [7, 11) is 0. The summed E-state index contributed by atoms with van der Waals surface area (Å²) >= 11 is 0. The zero-order chi connectivity index (χ0) is 42.9. The molecule has 0 aliphatic heterocycles. The summed E-state index contributed by atoms with van der Waals surface area (Å²) in [5.74, 6) is -0.0197. The number of carbonyl (C=O) groups is 2. The molecule has 8 heteroatoms. The highest BCUT2D eigenvalue weighted by molar-refractivity contribution is 5.66. The minimum atomic E-state index is -0.677.